The maximum atomic E-state index is 8.40. The molecule has 0 bridgehead atoms. The summed E-state index contributed by atoms with van der Waals surface area (Å²) < 4.78 is 0. The van der Waals surface area contributed by atoms with Gasteiger partial charge in [0.15, 0.2) is 0 Å². The van der Waals surface area contributed by atoms with Crippen molar-refractivity contribution in [3.63, 3.8) is 0 Å². The summed E-state index contributed by atoms with van der Waals surface area (Å²) >= 11 is 0. The molecule has 1 rings (SSSR count). The van der Waals surface area contributed by atoms with Crippen molar-refractivity contribution in [1.29, 1.82) is 5.26 Å². The third-order valence-electron chi connectivity index (χ3n) is 1.18. The minimum absolute atomic E-state index is 0.0458. The van der Waals surface area contributed by atoms with Crippen LogP contribution in [-0.2, 0) is 0 Å². The van der Waals surface area contributed by atoms with Crippen molar-refractivity contribution in [1.82, 2.24) is 0 Å². The van der Waals surface area contributed by atoms with Crippen LogP contribution in [0.2, 0.25) is 0 Å². The highest BCUT2D eigenvalue weighted by atomic mass is 14.3. The van der Waals surface area contributed by atoms with Crippen LogP contribution in [0, 0.1) is 17.2 Å². The molecule has 0 aromatic carbocycles. The van der Waals surface area contributed by atoms with E-state index in [-0.39, 0.29) is 5.92 Å². The first-order valence-corrected chi connectivity index (χ1v) is 2.78. The highest BCUT2D eigenvalue weighted by Gasteiger charge is 1.99. The standard InChI is InChI=1S/C8H7N/c1-7-2-4-8(6-9)5-3-7/h2-5,8H,1H2. The molecule has 0 saturated heterocycles. The molecule has 0 aromatic rings. The third-order valence-corrected chi connectivity index (χ3v) is 1.18. The van der Waals surface area contributed by atoms with Crippen LogP contribution in [0.1, 0.15) is 0 Å². The van der Waals surface area contributed by atoms with Gasteiger partial charge in [-0.25, -0.2) is 0 Å². The second kappa shape index (κ2) is 2.32. The van der Waals surface area contributed by atoms with Gasteiger partial charge < -0.3 is 0 Å². The van der Waals surface area contributed by atoms with Gasteiger partial charge in [0.1, 0.15) is 0 Å². The fraction of sp³-hybridized carbons (Fsp3) is 0.125. The lowest BCUT2D eigenvalue weighted by Gasteiger charge is -2.00. The largest absolute Gasteiger partial charge is 0.197 e. The Hall–Kier alpha value is -1.29. The van der Waals surface area contributed by atoms with Crippen LogP contribution in [0.3, 0.4) is 0 Å². The van der Waals surface area contributed by atoms with Crippen molar-refractivity contribution in [3.8, 4) is 6.07 Å². The van der Waals surface area contributed by atoms with E-state index in [1.54, 1.807) is 0 Å². The molecular weight excluding hydrogens is 110 g/mol. The predicted octanol–water partition coefficient (Wildman–Crippen LogP) is 1.81. The molecule has 0 unspecified atom stereocenters. The second-order valence-electron chi connectivity index (χ2n) is 1.95. The van der Waals surface area contributed by atoms with Crippen LogP contribution < -0.4 is 0 Å². The van der Waals surface area contributed by atoms with Crippen LogP contribution in [0.15, 0.2) is 36.5 Å². The van der Waals surface area contributed by atoms with Gasteiger partial charge in [0.2, 0.25) is 0 Å². The molecule has 0 N–H and O–H groups in total. The smallest absolute Gasteiger partial charge is 0.0830 e. The zero-order valence-corrected chi connectivity index (χ0v) is 5.04. The monoisotopic (exact) mass is 117 g/mol. The van der Waals surface area contributed by atoms with Crippen LogP contribution >= 0.6 is 0 Å². The average Bonchev–Trinajstić information content (AvgIpc) is 1.90. The van der Waals surface area contributed by atoms with Crippen molar-refractivity contribution >= 4 is 0 Å². The van der Waals surface area contributed by atoms with E-state index in [0.29, 0.717) is 0 Å². The zero-order chi connectivity index (χ0) is 6.69. The quantitative estimate of drug-likeness (QED) is 0.474. The number of allylic oxidation sites excluding steroid dienone is 5. The Bertz CT molecular complexity index is 199. The Balaban J connectivity index is 2.72. The molecule has 1 nitrogen and oxygen atoms in total. The number of hydrogen-bond donors (Lipinski definition) is 0. The Morgan fingerprint density at radius 2 is 2.00 bits per heavy atom. The third kappa shape index (κ3) is 1.30. The Kier molecular flexibility index (Phi) is 1.51. The highest BCUT2D eigenvalue weighted by Crippen LogP contribution is 2.10. The summed E-state index contributed by atoms with van der Waals surface area (Å²) in [7, 11) is 0. The highest BCUT2D eigenvalue weighted by molar-refractivity contribution is 5.35. The molecule has 0 fully saturated rings. The Labute approximate surface area is 54.6 Å². The lowest BCUT2D eigenvalue weighted by atomic mass is 10.0. The van der Waals surface area contributed by atoms with Crippen LogP contribution in [0.5, 0.6) is 0 Å². The fourth-order valence-corrected chi connectivity index (χ4v) is 0.660. The molecule has 0 heterocycles. The number of nitriles is 1. The van der Waals surface area contributed by atoms with E-state index in [1.165, 1.54) is 0 Å². The van der Waals surface area contributed by atoms with E-state index in [1.807, 2.05) is 24.3 Å². The van der Waals surface area contributed by atoms with Crippen molar-refractivity contribution in [2.75, 3.05) is 0 Å². The maximum absolute atomic E-state index is 8.40. The second-order valence-corrected chi connectivity index (χ2v) is 1.95. The van der Waals surface area contributed by atoms with E-state index >= 15 is 0 Å². The summed E-state index contributed by atoms with van der Waals surface area (Å²) in [6.45, 7) is 3.70. The minimum Gasteiger partial charge on any atom is -0.197 e. The molecule has 0 aliphatic heterocycles. The average molecular weight is 117 g/mol. The lowest BCUT2D eigenvalue weighted by Crippen LogP contribution is -1.89. The van der Waals surface area contributed by atoms with Gasteiger partial charge in [-0.1, -0.05) is 30.9 Å². The molecule has 44 valence electrons. The molecular formula is C8H7N. The summed E-state index contributed by atoms with van der Waals surface area (Å²) in [6, 6.07) is 2.11. The first kappa shape index (κ1) is 5.84. The molecule has 0 atom stereocenters. The Morgan fingerprint density at radius 1 is 1.44 bits per heavy atom. The van der Waals surface area contributed by atoms with Crippen molar-refractivity contribution < 1.29 is 0 Å². The SMILES string of the molecule is C=C1C=CC(C#N)C=C1. The zero-order valence-electron chi connectivity index (χ0n) is 5.04. The molecule has 0 amide bonds. The van der Waals surface area contributed by atoms with Crippen molar-refractivity contribution in [2.24, 2.45) is 5.92 Å². The lowest BCUT2D eigenvalue weighted by molar-refractivity contribution is 1.06. The molecule has 0 spiro atoms. The van der Waals surface area contributed by atoms with Gasteiger partial charge in [-0.15, -0.1) is 0 Å². The Morgan fingerprint density at radius 3 is 2.44 bits per heavy atom. The summed E-state index contributed by atoms with van der Waals surface area (Å²) in [5, 5.41) is 8.40. The molecule has 1 heteroatoms. The van der Waals surface area contributed by atoms with Crippen LogP contribution in [-0.4, -0.2) is 0 Å². The van der Waals surface area contributed by atoms with Gasteiger partial charge in [0, 0.05) is 0 Å². The summed E-state index contributed by atoms with van der Waals surface area (Å²) in [6.07, 6.45) is 7.38. The first-order valence-electron chi connectivity index (χ1n) is 2.78. The van der Waals surface area contributed by atoms with E-state index in [2.05, 4.69) is 12.6 Å². The predicted molar refractivity (Wildman–Crippen MR) is 36.5 cm³/mol. The van der Waals surface area contributed by atoms with Gasteiger partial charge in [-0.3, -0.25) is 0 Å². The van der Waals surface area contributed by atoms with E-state index in [9.17, 15) is 0 Å². The van der Waals surface area contributed by atoms with E-state index in [0.717, 1.165) is 5.57 Å². The topological polar surface area (TPSA) is 23.8 Å². The van der Waals surface area contributed by atoms with Crippen LogP contribution in [0.25, 0.3) is 0 Å². The van der Waals surface area contributed by atoms with Gasteiger partial charge in [-0.05, 0) is 5.57 Å². The molecule has 0 aromatic heterocycles. The van der Waals surface area contributed by atoms with E-state index < -0.39 is 0 Å². The minimum atomic E-state index is -0.0458. The fourth-order valence-electron chi connectivity index (χ4n) is 0.660. The van der Waals surface area contributed by atoms with Crippen LogP contribution in [0.4, 0.5) is 0 Å². The normalized spacial score (nSPS) is 17.9. The van der Waals surface area contributed by atoms with Gasteiger partial charge >= 0.3 is 0 Å². The molecule has 9 heavy (non-hydrogen) atoms. The number of hydrogen-bond acceptors (Lipinski definition) is 1. The molecule has 1 aliphatic carbocycles. The number of nitrogens with zero attached hydrogens (tertiary/aromatic N) is 1. The maximum Gasteiger partial charge on any atom is 0.0830 e. The van der Waals surface area contributed by atoms with E-state index in [4.69, 9.17) is 5.26 Å². The summed E-state index contributed by atoms with van der Waals surface area (Å²) in [5.74, 6) is -0.0458. The first-order chi connectivity index (χ1) is 4.33. The molecule has 0 saturated carbocycles. The summed E-state index contributed by atoms with van der Waals surface area (Å²) in [5.41, 5.74) is 0.960. The van der Waals surface area contributed by atoms with Crippen molar-refractivity contribution in [2.45, 2.75) is 0 Å². The van der Waals surface area contributed by atoms with Gasteiger partial charge in [-0.2, -0.15) is 5.26 Å². The number of rotatable bonds is 0. The van der Waals surface area contributed by atoms with Gasteiger partial charge in [0.05, 0.1) is 12.0 Å². The van der Waals surface area contributed by atoms with Gasteiger partial charge in [0.25, 0.3) is 0 Å². The molecule has 1 aliphatic rings. The molecule has 0 radical (unpaired) electrons. The van der Waals surface area contributed by atoms with Crippen molar-refractivity contribution in [3.05, 3.63) is 36.5 Å². The summed E-state index contributed by atoms with van der Waals surface area (Å²) in [4.78, 5) is 0.